The van der Waals surface area contributed by atoms with E-state index in [2.05, 4.69) is 5.32 Å². The fourth-order valence-corrected chi connectivity index (χ4v) is 3.73. The number of piperidine rings is 1. The average Bonchev–Trinajstić information content (AvgIpc) is 2.33. The van der Waals surface area contributed by atoms with Gasteiger partial charge in [-0.15, -0.1) is 0 Å². The van der Waals surface area contributed by atoms with Gasteiger partial charge >= 0.3 is 0 Å². The van der Waals surface area contributed by atoms with Gasteiger partial charge in [0, 0.05) is 41.9 Å². The van der Waals surface area contributed by atoms with Gasteiger partial charge in [-0.2, -0.15) is 0 Å². The highest BCUT2D eigenvalue weighted by Gasteiger charge is 2.25. The number of rotatable bonds is 7. The third-order valence-electron chi connectivity index (χ3n) is 3.21. The Morgan fingerprint density at radius 3 is 2.78 bits per heavy atom. The van der Waals surface area contributed by atoms with Crippen LogP contribution in [0.25, 0.3) is 0 Å². The van der Waals surface area contributed by atoms with Crippen LogP contribution in [0, 0.1) is 5.92 Å². The van der Waals surface area contributed by atoms with Crippen molar-refractivity contribution in [2.24, 2.45) is 5.92 Å². The van der Waals surface area contributed by atoms with E-state index in [0.29, 0.717) is 30.5 Å². The fourth-order valence-electron chi connectivity index (χ4n) is 2.13. The van der Waals surface area contributed by atoms with E-state index in [4.69, 9.17) is 0 Å². The van der Waals surface area contributed by atoms with Crippen LogP contribution in [0.4, 0.5) is 0 Å². The van der Waals surface area contributed by atoms with E-state index >= 15 is 0 Å². The normalized spacial score (nSPS) is 24.0. The second-order valence-corrected chi connectivity index (χ2v) is 8.61. The molecule has 5 nitrogen and oxygen atoms in total. The van der Waals surface area contributed by atoms with Gasteiger partial charge in [-0.3, -0.25) is 4.21 Å². The van der Waals surface area contributed by atoms with Gasteiger partial charge in [0.05, 0.1) is 6.26 Å². The molecule has 7 heteroatoms. The van der Waals surface area contributed by atoms with Crippen LogP contribution < -0.4 is 5.32 Å². The maximum atomic E-state index is 11.5. The molecule has 0 amide bonds. The highest BCUT2D eigenvalue weighted by molar-refractivity contribution is 7.88. The van der Waals surface area contributed by atoms with Crippen molar-refractivity contribution in [3.05, 3.63) is 0 Å². The molecule has 1 rings (SSSR count). The molecule has 2 atom stereocenters. The molecule has 0 aromatic rings. The first-order chi connectivity index (χ1) is 8.43. The van der Waals surface area contributed by atoms with Crippen LogP contribution >= 0.6 is 0 Å². The lowest BCUT2D eigenvalue weighted by molar-refractivity contribution is 0.262. The van der Waals surface area contributed by atoms with Crippen LogP contribution in [-0.4, -0.2) is 60.9 Å². The molecule has 0 aliphatic carbocycles. The zero-order chi connectivity index (χ0) is 13.6. The zero-order valence-electron chi connectivity index (χ0n) is 11.2. The Morgan fingerprint density at radius 1 is 1.44 bits per heavy atom. The van der Waals surface area contributed by atoms with Gasteiger partial charge in [0.15, 0.2) is 0 Å². The molecule has 1 heterocycles. The van der Waals surface area contributed by atoms with Crippen molar-refractivity contribution in [3.8, 4) is 0 Å². The number of hydrogen-bond acceptors (Lipinski definition) is 4. The minimum absolute atomic E-state index is 0.378. The van der Waals surface area contributed by atoms with E-state index in [1.54, 1.807) is 4.31 Å². The maximum Gasteiger partial charge on any atom is 0.211 e. The van der Waals surface area contributed by atoms with Gasteiger partial charge in [0.25, 0.3) is 0 Å². The first kappa shape index (κ1) is 16.1. The first-order valence-electron chi connectivity index (χ1n) is 6.44. The van der Waals surface area contributed by atoms with E-state index in [-0.39, 0.29) is 0 Å². The second kappa shape index (κ2) is 7.57. The predicted octanol–water partition coefficient (Wildman–Crippen LogP) is 0.0162. The van der Waals surface area contributed by atoms with Crippen LogP contribution in [0.5, 0.6) is 0 Å². The summed E-state index contributed by atoms with van der Waals surface area (Å²) in [5.41, 5.74) is 0. The lowest BCUT2D eigenvalue weighted by Crippen LogP contribution is -2.42. The van der Waals surface area contributed by atoms with Crippen LogP contribution in [0.15, 0.2) is 0 Å². The summed E-state index contributed by atoms with van der Waals surface area (Å²) >= 11 is 0. The van der Waals surface area contributed by atoms with Gasteiger partial charge in [0.1, 0.15) is 0 Å². The molecule has 0 radical (unpaired) electrons. The Kier molecular flexibility index (Phi) is 6.76. The van der Waals surface area contributed by atoms with Gasteiger partial charge < -0.3 is 5.32 Å². The molecule has 0 aromatic carbocycles. The van der Waals surface area contributed by atoms with E-state index in [1.807, 2.05) is 6.92 Å². The molecule has 0 aromatic heterocycles. The van der Waals surface area contributed by atoms with E-state index in [0.717, 1.165) is 25.9 Å². The fraction of sp³-hybridized carbons (Fsp3) is 1.00. The lowest BCUT2D eigenvalue weighted by atomic mass is 10.00. The summed E-state index contributed by atoms with van der Waals surface area (Å²) in [5, 5.41) is 3.28. The molecule has 18 heavy (non-hydrogen) atoms. The summed E-state index contributed by atoms with van der Waals surface area (Å²) < 4.78 is 35.7. The molecular formula is C11H24N2O3S2. The van der Waals surface area contributed by atoms with E-state index in [9.17, 15) is 12.6 Å². The number of sulfonamides is 1. The molecule has 1 aliphatic heterocycles. The van der Waals surface area contributed by atoms with Gasteiger partial charge in [0.2, 0.25) is 10.0 Å². The van der Waals surface area contributed by atoms with Gasteiger partial charge in [-0.05, 0) is 25.3 Å². The summed E-state index contributed by atoms with van der Waals surface area (Å²) in [6.07, 6.45) is 3.27. The monoisotopic (exact) mass is 296 g/mol. The molecule has 1 N–H and O–H groups in total. The van der Waals surface area contributed by atoms with Gasteiger partial charge in [-0.25, -0.2) is 12.7 Å². The Bertz CT molecular complexity index is 370. The predicted molar refractivity (Wildman–Crippen MR) is 75.6 cm³/mol. The molecule has 2 unspecified atom stereocenters. The topological polar surface area (TPSA) is 66.5 Å². The Morgan fingerprint density at radius 2 is 2.17 bits per heavy atom. The van der Waals surface area contributed by atoms with Crippen LogP contribution in [0.1, 0.15) is 19.8 Å². The summed E-state index contributed by atoms with van der Waals surface area (Å²) in [6, 6.07) is 0. The number of nitrogens with zero attached hydrogens (tertiary/aromatic N) is 1. The second-order valence-electron chi connectivity index (χ2n) is 4.77. The minimum atomic E-state index is -3.05. The molecule has 0 spiro atoms. The summed E-state index contributed by atoms with van der Waals surface area (Å²) in [5.74, 6) is 1.76. The Labute approximate surface area is 113 Å². The number of nitrogens with one attached hydrogen (secondary N) is 1. The average molecular weight is 296 g/mol. The Hall–Kier alpha value is 0.0200. The van der Waals surface area contributed by atoms with Crippen LogP contribution in [0.3, 0.4) is 0 Å². The van der Waals surface area contributed by atoms with Crippen molar-refractivity contribution < 1.29 is 12.6 Å². The third kappa shape index (κ3) is 5.77. The maximum absolute atomic E-state index is 11.5. The molecule has 0 saturated carbocycles. The van der Waals surface area contributed by atoms with Crippen LogP contribution in [-0.2, 0) is 20.8 Å². The van der Waals surface area contributed by atoms with Crippen molar-refractivity contribution in [1.29, 1.82) is 0 Å². The largest absolute Gasteiger partial charge is 0.315 e. The molecule has 1 fully saturated rings. The quantitative estimate of drug-likeness (QED) is 0.673. The molecule has 108 valence electrons. The zero-order valence-corrected chi connectivity index (χ0v) is 12.9. The molecule has 1 aliphatic rings. The Balaban J connectivity index is 2.25. The summed E-state index contributed by atoms with van der Waals surface area (Å²) in [4.78, 5) is 0. The molecule has 0 bridgehead atoms. The molecule has 1 saturated heterocycles. The highest BCUT2D eigenvalue weighted by atomic mass is 32.2. The van der Waals surface area contributed by atoms with Crippen molar-refractivity contribution >= 4 is 20.8 Å². The van der Waals surface area contributed by atoms with E-state index < -0.39 is 20.8 Å². The van der Waals surface area contributed by atoms with Crippen molar-refractivity contribution in [2.45, 2.75) is 19.8 Å². The van der Waals surface area contributed by atoms with Crippen LogP contribution in [0.2, 0.25) is 0 Å². The van der Waals surface area contributed by atoms with Crippen molar-refractivity contribution in [3.63, 3.8) is 0 Å². The standard InChI is InChI=1S/C11H24N2O3S2/c1-3-17(14)8-6-12-9-11-5-4-7-13(10-11)18(2,15)16/h11-12H,3-10H2,1-2H3. The SMILES string of the molecule is CCS(=O)CCNCC1CCCN(S(C)(=O)=O)C1. The minimum Gasteiger partial charge on any atom is -0.315 e. The third-order valence-corrected chi connectivity index (χ3v) is 5.79. The molecular weight excluding hydrogens is 272 g/mol. The first-order valence-corrected chi connectivity index (χ1v) is 9.78. The number of hydrogen-bond donors (Lipinski definition) is 1. The lowest BCUT2D eigenvalue weighted by Gasteiger charge is -2.31. The summed E-state index contributed by atoms with van der Waals surface area (Å²) in [7, 11) is -3.77. The van der Waals surface area contributed by atoms with Gasteiger partial charge in [-0.1, -0.05) is 6.92 Å². The van der Waals surface area contributed by atoms with E-state index in [1.165, 1.54) is 6.26 Å². The summed E-state index contributed by atoms with van der Waals surface area (Å²) in [6.45, 7) is 4.74. The van der Waals surface area contributed by atoms with Crippen molar-refractivity contribution in [2.75, 3.05) is 43.9 Å². The van der Waals surface area contributed by atoms with Crippen molar-refractivity contribution in [1.82, 2.24) is 9.62 Å². The smallest absolute Gasteiger partial charge is 0.211 e. The highest BCUT2D eigenvalue weighted by Crippen LogP contribution is 2.17.